The van der Waals surface area contributed by atoms with Crippen molar-refractivity contribution in [2.45, 2.75) is 13.3 Å². The predicted octanol–water partition coefficient (Wildman–Crippen LogP) is 4.53. The molecule has 154 valence electrons. The summed E-state index contributed by atoms with van der Waals surface area (Å²) in [5.41, 5.74) is 11.4. The summed E-state index contributed by atoms with van der Waals surface area (Å²) in [5, 5.41) is 7.46. The van der Waals surface area contributed by atoms with Crippen molar-refractivity contribution in [1.82, 2.24) is 9.78 Å². The van der Waals surface area contributed by atoms with E-state index in [9.17, 15) is 0 Å². The van der Waals surface area contributed by atoms with E-state index in [1.807, 2.05) is 68.8 Å². The largest absolute Gasteiger partial charge is 0.496 e. The minimum absolute atomic E-state index is 0.523. The maximum Gasteiger partial charge on any atom is 0.128 e. The second-order valence-electron chi connectivity index (χ2n) is 7.04. The van der Waals surface area contributed by atoms with Gasteiger partial charge in [0.25, 0.3) is 0 Å². The third kappa shape index (κ3) is 5.61. The monoisotopic (exact) mass is 401 g/mol. The number of allylic oxidation sites excluding steroid dienone is 2. The normalized spacial score (nSPS) is 12.0. The van der Waals surface area contributed by atoms with Crippen LogP contribution in [0.2, 0.25) is 0 Å². The van der Waals surface area contributed by atoms with Gasteiger partial charge in [-0.3, -0.25) is 4.68 Å². The second-order valence-corrected chi connectivity index (χ2v) is 7.04. The molecular weight excluding hydrogens is 374 g/mol. The van der Waals surface area contributed by atoms with E-state index >= 15 is 0 Å². The Hall–Kier alpha value is -3.80. The highest BCUT2D eigenvalue weighted by atomic mass is 16.5. The van der Waals surface area contributed by atoms with Crippen LogP contribution in [0.25, 0.3) is 11.1 Å². The Balaban J connectivity index is 1.80. The first-order valence-electron chi connectivity index (χ1n) is 9.63. The molecule has 0 radical (unpaired) electrons. The van der Waals surface area contributed by atoms with E-state index in [-0.39, 0.29) is 0 Å². The summed E-state index contributed by atoms with van der Waals surface area (Å²) in [6.45, 7) is 5.90. The van der Waals surface area contributed by atoms with Crippen molar-refractivity contribution in [3.63, 3.8) is 0 Å². The predicted molar refractivity (Wildman–Crippen MR) is 123 cm³/mol. The van der Waals surface area contributed by atoms with E-state index in [2.05, 4.69) is 34.1 Å². The zero-order chi connectivity index (χ0) is 21.5. The van der Waals surface area contributed by atoms with Gasteiger partial charge in [0.15, 0.2) is 0 Å². The number of hydrogen-bond donors (Lipinski definition) is 2. The van der Waals surface area contributed by atoms with Crippen molar-refractivity contribution < 1.29 is 4.74 Å². The smallest absolute Gasteiger partial charge is 0.128 e. The van der Waals surface area contributed by atoms with E-state index in [1.54, 1.807) is 11.8 Å². The van der Waals surface area contributed by atoms with Crippen LogP contribution in [0.4, 0.5) is 5.69 Å². The molecule has 0 bridgehead atoms. The average molecular weight is 402 g/mol. The third-order valence-corrected chi connectivity index (χ3v) is 4.41. The van der Waals surface area contributed by atoms with Gasteiger partial charge in [0.1, 0.15) is 11.6 Å². The lowest BCUT2D eigenvalue weighted by atomic mass is 10.1. The first kappa shape index (κ1) is 20.9. The standard InChI is InChI=1S/C24H27N5O/c1-17(25)12-22(13-19-8-6-5-7-9-19)28-18(2)27-21-10-11-23(24(14-21)30-4)20-15-26-29(3)16-20/h5-12,14-16,27H,2,13,25H2,1,3-4H3/b17-12-,28-22+. The van der Waals surface area contributed by atoms with E-state index in [4.69, 9.17) is 10.5 Å². The molecule has 3 rings (SSSR count). The zero-order valence-corrected chi connectivity index (χ0v) is 17.6. The van der Waals surface area contributed by atoms with Gasteiger partial charge in [-0.1, -0.05) is 36.9 Å². The summed E-state index contributed by atoms with van der Waals surface area (Å²) in [6, 6.07) is 16.0. The number of ether oxygens (including phenoxy) is 1. The van der Waals surface area contributed by atoms with Crippen molar-refractivity contribution in [2.75, 3.05) is 12.4 Å². The molecule has 30 heavy (non-hydrogen) atoms. The summed E-state index contributed by atoms with van der Waals surface area (Å²) in [4.78, 5) is 4.65. The molecule has 0 aliphatic rings. The lowest BCUT2D eigenvalue weighted by molar-refractivity contribution is 0.416. The Bertz CT molecular complexity index is 1080. The van der Waals surface area contributed by atoms with Gasteiger partial charge in [0.2, 0.25) is 0 Å². The van der Waals surface area contributed by atoms with Gasteiger partial charge >= 0.3 is 0 Å². The summed E-state index contributed by atoms with van der Waals surface area (Å²) >= 11 is 0. The minimum Gasteiger partial charge on any atom is -0.496 e. The maximum atomic E-state index is 5.89. The van der Waals surface area contributed by atoms with Crippen LogP contribution in [-0.2, 0) is 13.5 Å². The Kier molecular flexibility index (Phi) is 6.70. The lowest BCUT2D eigenvalue weighted by Crippen LogP contribution is -2.06. The van der Waals surface area contributed by atoms with Crippen LogP contribution in [0, 0.1) is 0 Å². The molecule has 3 N–H and O–H groups in total. The molecule has 3 aromatic rings. The maximum absolute atomic E-state index is 5.89. The number of aliphatic imine (C=N–C) groups is 1. The van der Waals surface area contributed by atoms with Crippen LogP contribution < -0.4 is 15.8 Å². The first-order chi connectivity index (χ1) is 14.4. The number of nitrogens with one attached hydrogen (secondary N) is 1. The van der Waals surface area contributed by atoms with Crippen LogP contribution in [0.15, 0.2) is 90.1 Å². The molecule has 6 nitrogen and oxygen atoms in total. The molecule has 1 aromatic heterocycles. The highest BCUT2D eigenvalue weighted by molar-refractivity contribution is 5.97. The van der Waals surface area contributed by atoms with Gasteiger partial charge in [-0.2, -0.15) is 5.10 Å². The minimum atomic E-state index is 0.523. The number of rotatable bonds is 8. The van der Waals surface area contributed by atoms with E-state index < -0.39 is 0 Å². The number of aryl methyl sites for hydroxylation is 1. The van der Waals surface area contributed by atoms with Crippen molar-refractivity contribution in [1.29, 1.82) is 0 Å². The Morgan fingerprint density at radius 3 is 2.67 bits per heavy atom. The number of aromatic nitrogens is 2. The number of nitrogens with two attached hydrogens (primary N) is 1. The topological polar surface area (TPSA) is 77.5 Å². The fourth-order valence-electron chi connectivity index (χ4n) is 3.13. The molecule has 0 fully saturated rings. The number of methoxy groups -OCH3 is 1. The van der Waals surface area contributed by atoms with Gasteiger partial charge in [-0.15, -0.1) is 0 Å². The molecule has 0 spiro atoms. The molecule has 0 aliphatic carbocycles. The summed E-state index contributed by atoms with van der Waals surface area (Å²) < 4.78 is 7.34. The average Bonchev–Trinajstić information content (AvgIpc) is 3.14. The Morgan fingerprint density at radius 2 is 2.03 bits per heavy atom. The molecule has 0 saturated heterocycles. The van der Waals surface area contributed by atoms with Crippen molar-refractivity contribution in [3.05, 3.63) is 90.7 Å². The van der Waals surface area contributed by atoms with Gasteiger partial charge in [-0.05, 0) is 30.7 Å². The summed E-state index contributed by atoms with van der Waals surface area (Å²) in [6.07, 6.45) is 6.29. The van der Waals surface area contributed by atoms with Crippen LogP contribution in [0.3, 0.4) is 0 Å². The van der Waals surface area contributed by atoms with E-state index in [0.29, 0.717) is 17.9 Å². The van der Waals surface area contributed by atoms with Gasteiger partial charge in [-0.25, -0.2) is 4.99 Å². The second kappa shape index (κ2) is 9.60. The molecule has 0 saturated carbocycles. The Morgan fingerprint density at radius 1 is 1.27 bits per heavy atom. The number of nitrogens with zero attached hydrogens (tertiary/aromatic N) is 3. The molecule has 6 heteroatoms. The Labute approximate surface area is 177 Å². The lowest BCUT2D eigenvalue weighted by Gasteiger charge is -2.12. The van der Waals surface area contributed by atoms with Crippen LogP contribution in [0.5, 0.6) is 5.75 Å². The highest BCUT2D eigenvalue weighted by Gasteiger charge is 2.09. The fraction of sp³-hybridized carbons (Fsp3) is 0.167. The highest BCUT2D eigenvalue weighted by Crippen LogP contribution is 2.32. The quantitative estimate of drug-likeness (QED) is 0.544. The molecule has 2 aromatic carbocycles. The van der Waals surface area contributed by atoms with Crippen LogP contribution in [-0.4, -0.2) is 22.6 Å². The van der Waals surface area contributed by atoms with Crippen molar-refractivity contribution >= 4 is 11.4 Å². The van der Waals surface area contributed by atoms with E-state index in [1.165, 1.54) is 0 Å². The summed E-state index contributed by atoms with van der Waals surface area (Å²) in [5.74, 6) is 1.27. The van der Waals surface area contributed by atoms with Crippen LogP contribution in [0.1, 0.15) is 12.5 Å². The van der Waals surface area contributed by atoms with Gasteiger partial charge < -0.3 is 15.8 Å². The van der Waals surface area contributed by atoms with Gasteiger partial charge in [0, 0.05) is 54.0 Å². The van der Waals surface area contributed by atoms with E-state index in [0.717, 1.165) is 33.8 Å². The number of hydrogen-bond acceptors (Lipinski definition) is 5. The van der Waals surface area contributed by atoms with Crippen molar-refractivity contribution in [2.24, 2.45) is 17.8 Å². The molecule has 0 amide bonds. The van der Waals surface area contributed by atoms with Gasteiger partial charge in [0.05, 0.1) is 13.3 Å². The SMILES string of the molecule is C=C(/N=C(\C=C(\C)N)Cc1ccccc1)Nc1ccc(-c2cnn(C)c2)c(OC)c1. The molecular formula is C24H27N5O. The fourth-order valence-corrected chi connectivity index (χ4v) is 3.13. The zero-order valence-electron chi connectivity index (χ0n) is 17.6. The third-order valence-electron chi connectivity index (χ3n) is 4.41. The summed E-state index contributed by atoms with van der Waals surface area (Å²) in [7, 11) is 3.54. The molecule has 0 unspecified atom stereocenters. The molecule has 0 atom stereocenters. The number of anilines is 1. The number of benzene rings is 2. The first-order valence-corrected chi connectivity index (χ1v) is 9.63. The molecule has 0 aliphatic heterocycles. The molecule has 1 heterocycles. The van der Waals surface area contributed by atoms with Crippen LogP contribution >= 0.6 is 0 Å². The van der Waals surface area contributed by atoms with Crippen molar-refractivity contribution in [3.8, 4) is 16.9 Å².